The van der Waals surface area contributed by atoms with Crippen molar-refractivity contribution in [3.63, 3.8) is 0 Å². The molecule has 0 aliphatic carbocycles. The molecule has 2 aromatic rings. The average molecular weight is 378 g/mol. The predicted molar refractivity (Wildman–Crippen MR) is 99.4 cm³/mol. The summed E-state index contributed by atoms with van der Waals surface area (Å²) in [6.07, 6.45) is 0.727. The van der Waals surface area contributed by atoms with Crippen molar-refractivity contribution in [2.75, 3.05) is 16.8 Å². The number of amides is 1. The molecule has 5 nitrogen and oxygen atoms in total. The van der Waals surface area contributed by atoms with E-state index in [4.69, 9.17) is 5.14 Å². The lowest BCUT2D eigenvalue weighted by Gasteiger charge is -2.40. The van der Waals surface area contributed by atoms with E-state index in [2.05, 4.69) is 10.3 Å². The number of hydrogen-bond acceptors (Lipinski definition) is 5. The number of carbonyl (C=O) groups is 1. The standard InChI is InChI=1S/C18H20F2N4OS/c1-12-4-2-3-5-14(12)24-9-7-18(19,20)11-15(24)17(25)23-13-6-8-22-16(10-13)26-21/h2-6,8,10,15H,7,9,11,21H2,1H3,(H,22,23,25). The molecule has 1 aromatic heterocycles. The fourth-order valence-electron chi connectivity index (χ4n) is 3.12. The molecule has 0 bridgehead atoms. The summed E-state index contributed by atoms with van der Waals surface area (Å²) in [7, 11) is 0. The number of para-hydroxylation sites is 1. The minimum absolute atomic E-state index is 0.121. The minimum atomic E-state index is -2.86. The molecule has 3 N–H and O–H groups in total. The van der Waals surface area contributed by atoms with Gasteiger partial charge in [-0.05, 0) is 42.6 Å². The maximum atomic E-state index is 14.0. The number of benzene rings is 1. The highest BCUT2D eigenvalue weighted by Gasteiger charge is 2.43. The Morgan fingerprint density at radius 1 is 1.38 bits per heavy atom. The molecule has 3 rings (SSSR count). The molecule has 1 amide bonds. The van der Waals surface area contributed by atoms with Crippen LogP contribution in [-0.4, -0.2) is 29.4 Å². The number of hydrogen-bond donors (Lipinski definition) is 2. The van der Waals surface area contributed by atoms with Crippen molar-refractivity contribution in [3.8, 4) is 0 Å². The van der Waals surface area contributed by atoms with E-state index < -0.39 is 24.3 Å². The topological polar surface area (TPSA) is 71.2 Å². The van der Waals surface area contributed by atoms with E-state index in [9.17, 15) is 13.6 Å². The van der Waals surface area contributed by atoms with E-state index in [1.807, 2.05) is 31.2 Å². The number of alkyl halides is 2. The molecule has 0 saturated carbocycles. The first-order valence-corrected chi connectivity index (χ1v) is 9.11. The molecule has 0 spiro atoms. The Kier molecular flexibility index (Phi) is 5.43. The number of nitrogens with zero attached hydrogens (tertiary/aromatic N) is 2. The monoisotopic (exact) mass is 378 g/mol. The van der Waals surface area contributed by atoms with Crippen LogP contribution in [0.2, 0.25) is 0 Å². The second-order valence-electron chi connectivity index (χ2n) is 6.30. The van der Waals surface area contributed by atoms with Gasteiger partial charge in [-0.1, -0.05) is 18.2 Å². The second kappa shape index (κ2) is 7.59. The zero-order valence-electron chi connectivity index (χ0n) is 14.3. The maximum Gasteiger partial charge on any atom is 0.252 e. The summed E-state index contributed by atoms with van der Waals surface area (Å²) in [5, 5.41) is 8.73. The third kappa shape index (κ3) is 4.13. The number of anilines is 2. The van der Waals surface area contributed by atoms with Crippen LogP contribution in [0.25, 0.3) is 0 Å². The molecule has 1 unspecified atom stereocenters. The highest BCUT2D eigenvalue weighted by molar-refractivity contribution is 7.97. The van der Waals surface area contributed by atoms with Crippen molar-refractivity contribution in [2.24, 2.45) is 5.14 Å². The molecule has 1 aliphatic heterocycles. The van der Waals surface area contributed by atoms with Gasteiger partial charge in [-0.2, -0.15) is 0 Å². The molecular weight excluding hydrogens is 358 g/mol. The molecule has 1 aromatic carbocycles. The van der Waals surface area contributed by atoms with Gasteiger partial charge in [-0.15, -0.1) is 0 Å². The van der Waals surface area contributed by atoms with E-state index in [-0.39, 0.29) is 13.0 Å². The van der Waals surface area contributed by atoms with Gasteiger partial charge in [0.1, 0.15) is 11.1 Å². The van der Waals surface area contributed by atoms with Crippen LogP contribution in [0.3, 0.4) is 0 Å². The van der Waals surface area contributed by atoms with Crippen LogP contribution < -0.4 is 15.4 Å². The predicted octanol–water partition coefficient (Wildman–Crippen LogP) is 3.60. The number of nitrogens with one attached hydrogen (secondary N) is 1. The minimum Gasteiger partial charge on any atom is -0.359 e. The van der Waals surface area contributed by atoms with Crippen molar-refractivity contribution < 1.29 is 13.6 Å². The Bertz CT molecular complexity index is 802. The normalized spacial score (nSPS) is 19.2. The van der Waals surface area contributed by atoms with Crippen LogP contribution in [0.4, 0.5) is 20.2 Å². The van der Waals surface area contributed by atoms with Crippen molar-refractivity contribution >= 4 is 29.2 Å². The van der Waals surface area contributed by atoms with E-state index >= 15 is 0 Å². The first kappa shape index (κ1) is 18.6. The third-order valence-electron chi connectivity index (χ3n) is 4.44. The summed E-state index contributed by atoms with van der Waals surface area (Å²) in [6, 6.07) is 9.76. The molecule has 1 saturated heterocycles. The number of pyridine rings is 1. The first-order valence-electron chi connectivity index (χ1n) is 8.23. The number of nitrogens with two attached hydrogens (primary N) is 1. The van der Waals surface area contributed by atoms with Crippen molar-refractivity contribution in [2.45, 2.75) is 36.8 Å². The van der Waals surface area contributed by atoms with Gasteiger partial charge in [0.2, 0.25) is 5.91 Å². The lowest BCUT2D eigenvalue weighted by atomic mass is 9.96. The smallest absolute Gasteiger partial charge is 0.252 e. The molecular formula is C18H20F2N4OS. The quantitative estimate of drug-likeness (QED) is 0.796. The van der Waals surface area contributed by atoms with Crippen LogP contribution in [0.1, 0.15) is 18.4 Å². The van der Waals surface area contributed by atoms with Crippen molar-refractivity contribution in [1.29, 1.82) is 0 Å². The Balaban J connectivity index is 1.86. The highest BCUT2D eigenvalue weighted by Crippen LogP contribution is 2.36. The number of halogens is 2. The molecule has 2 heterocycles. The summed E-state index contributed by atoms with van der Waals surface area (Å²) in [6.45, 7) is 2.03. The van der Waals surface area contributed by atoms with Gasteiger partial charge in [-0.3, -0.25) is 9.93 Å². The number of rotatable bonds is 4. The summed E-state index contributed by atoms with van der Waals surface area (Å²) >= 11 is 0.952. The number of carbonyl (C=O) groups excluding carboxylic acids is 1. The van der Waals surface area contributed by atoms with Gasteiger partial charge >= 0.3 is 0 Å². The molecule has 1 atom stereocenters. The first-order chi connectivity index (χ1) is 12.4. The second-order valence-corrected chi connectivity index (χ2v) is 6.95. The Morgan fingerprint density at radius 3 is 2.88 bits per heavy atom. The van der Waals surface area contributed by atoms with Gasteiger partial charge in [0.05, 0.1) is 0 Å². The summed E-state index contributed by atoms with van der Waals surface area (Å²) in [4.78, 5) is 18.6. The Hall–Kier alpha value is -2.19. The zero-order valence-corrected chi connectivity index (χ0v) is 15.1. The van der Waals surface area contributed by atoms with Gasteiger partial charge in [0, 0.05) is 37.0 Å². The van der Waals surface area contributed by atoms with Crippen molar-refractivity contribution in [1.82, 2.24) is 4.98 Å². The van der Waals surface area contributed by atoms with Crippen molar-refractivity contribution in [3.05, 3.63) is 48.2 Å². The fraction of sp³-hybridized carbons (Fsp3) is 0.333. The Labute approximate surface area is 155 Å². The average Bonchev–Trinajstić information content (AvgIpc) is 2.62. The molecule has 0 radical (unpaired) electrons. The summed E-state index contributed by atoms with van der Waals surface area (Å²) in [5.41, 5.74) is 2.23. The van der Waals surface area contributed by atoms with Gasteiger partial charge in [0.25, 0.3) is 5.92 Å². The third-order valence-corrected chi connectivity index (χ3v) is 4.90. The molecule has 26 heavy (non-hydrogen) atoms. The van der Waals surface area contributed by atoms with Crippen LogP contribution in [-0.2, 0) is 4.79 Å². The fourth-order valence-corrected chi connectivity index (χ4v) is 3.44. The number of aromatic nitrogens is 1. The van der Waals surface area contributed by atoms with Crippen LogP contribution >= 0.6 is 11.9 Å². The SMILES string of the molecule is Cc1ccccc1N1CCC(F)(F)CC1C(=O)Nc1ccnc(SN)c1. The number of piperidine rings is 1. The van der Waals surface area contributed by atoms with Gasteiger partial charge in [0.15, 0.2) is 0 Å². The van der Waals surface area contributed by atoms with E-state index in [1.165, 1.54) is 6.20 Å². The van der Waals surface area contributed by atoms with Crippen LogP contribution in [0.5, 0.6) is 0 Å². The summed E-state index contributed by atoms with van der Waals surface area (Å²) < 4.78 is 28.1. The lowest BCUT2D eigenvalue weighted by molar-refractivity contribution is -0.121. The summed E-state index contributed by atoms with van der Waals surface area (Å²) in [5.74, 6) is -3.33. The zero-order chi connectivity index (χ0) is 18.7. The molecule has 1 fully saturated rings. The highest BCUT2D eigenvalue weighted by atomic mass is 32.2. The van der Waals surface area contributed by atoms with Gasteiger partial charge in [-0.25, -0.2) is 13.8 Å². The number of aryl methyl sites for hydroxylation is 1. The largest absolute Gasteiger partial charge is 0.359 e. The molecule has 138 valence electrons. The Morgan fingerprint density at radius 2 is 2.15 bits per heavy atom. The lowest BCUT2D eigenvalue weighted by Crippen LogP contribution is -2.53. The van der Waals surface area contributed by atoms with E-state index in [0.29, 0.717) is 10.7 Å². The molecule has 1 aliphatic rings. The van der Waals surface area contributed by atoms with Gasteiger partial charge < -0.3 is 10.2 Å². The maximum absolute atomic E-state index is 14.0. The van der Waals surface area contributed by atoms with Crippen LogP contribution in [0, 0.1) is 6.92 Å². The van der Waals surface area contributed by atoms with E-state index in [1.54, 1.807) is 17.0 Å². The van der Waals surface area contributed by atoms with Crippen LogP contribution in [0.15, 0.2) is 47.6 Å². The van der Waals surface area contributed by atoms with E-state index in [0.717, 1.165) is 23.2 Å². The molecule has 8 heteroatoms.